The van der Waals surface area contributed by atoms with Gasteiger partial charge in [0.1, 0.15) is 5.75 Å². The van der Waals surface area contributed by atoms with E-state index in [9.17, 15) is 4.79 Å². The van der Waals surface area contributed by atoms with Crippen molar-refractivity contribution in [3.05, 3.63) is 30.2 Å². The van der Waals surface area contributed by atoms with Crippen molar-refractivity contribution in [3.8, 4) is 17.1 Å². The van der Waals surface area contributed by atoms with Crippen molar-refractivity contribution in [1.82, 2.24) is 20.3 Å². The summed E-state index contributed by atoms with van der Waals surface area (Å²) >= 11 is 3.01. The third kappa shape index (κ3) is 5.51. The van der Waals surface area contributed by atoms with Crippen LogP contribution in [0.5, 0.6) is 5.75 Å². The second kappa shape index (κ2) is 9.47. The Kier molecular flexibility index (Phi) is 6.77. The summed E-state index contributed by atoms with van der Waals surface area (Å²) in [4.78, 5) is 16.4. The number of nitrogens with zero attached hydrogens (tertiary/aromatic N) is 4. The third-order valence-corrected chi connectivity index (χ3v) is 5.64. The molecule has 0 radical (unpaired) electrons. The van der Waals surface area contributed by atoms with Gasteiger partial charge in [0.25, 0.3) is 0 Å². The molecular formula is C17H19N5O3S2. The Morgan fingerprint density at radius 3 is 2.85 bits per heavy atom. The summed E-state index contributed by atoms with van der Waals surface area (Å²) in [6, 6.07) is 7.36. The Hall–Kier alpha value is -2.46. The number of benzene rings is 1. The van der Waals surface area contributed by atoms with Crippen LogP contribution in [0.1, 0.15) is 25.7 Å². The maximum atomic E-state index is 12.1. The normalized spacial score (nSPS) is 10.7. The molecule has 0 aliphatic rings. The van der Waals surface area contributed by atoms with Crippen LogP contribution in [0.25, 0.3) is 11.4 Å². The SMILES string of the molecule is CCCSc1nnc(NC(=O)CCc2nc(-c3ccc(OC)cc3)no2)s1. The van der Waals surface area contributed by atoms with Gasteiger partial charge in [0.2, 0.25) is 22.8 Å². The van der Waals surface area contributed by atoms with Gasteiger partial charge in [0, 0.05) is 24.2 Å². The van der Waals surface area contributed by atoms with Crippen molar-refractivity contribution >= 4 is 34.1 Å². The Morgan fingerprint density at radius 1 is 1.30 bits per heavy atom. The summed E-state index contributed by atoms with van der Waals surface area (Å²) in [7, 11) is 1.61. The van der Waals surface area contributed by atoms with E-state index in [1.807, 2.05) is 24.3 Å². The molecule has 0 unspecified atom stereocenters. The van der Waals surface area contributed by atoms with Crippen LogP contribution in [-0.4, -0.2) is 39.1 Å². The van der Waals surface area contributed by atoms with E-state index in [2.05, 4.69) is 32.6 Å². The lowest BCUT2D eigenvalue weighted by Crippen LogP contribution is -2.12. The Bertz CT molecular complexity index is 879. The van der Waals surface area contributed by atoms with Gasteiger partial charge in [-0.25, -0.2) is 0 Å². The highest BCUT2D eigenvalue weighted by atomic mass is 32.2. The predicted molar refractivity (Wildman–Crippen MR) is 104 cm³/mol. The van der Waals surface area contributed by atoms with Crippen molar-refractivity contribution in [2.75, 3.05) is 18.2 Å². The van der Waals surface area contributed by atoms with Gasteiger partial charge in [-0.2, -0.15) is 4.98 Å². The number of ether oxygens (including phenoxy) is 1. The van der Waals surface area contributed by atoms with Gasteiger partial charge in [-0.15, -0.1) is 10.2 Å². The molecule has 2 aromatic heterocycles. The van der Waals surface area contributed by atoms with E-state index < -0.39 is 0 Å². The molecule has 3 aromatic rings. The maximum Gasteiger partial charge on any atom is 0.227 e. The molecule has 0 saturated heterocycles. The number of hydrogen-bond donors (Lipinski definition) is 1. The molecule has 0 saturated carbocycles. The Labute approximate surface area is 164 Å². The number of rotatable bonds is 9. The first-order valence-corrected chi connectivity index (χ1v) is 10.2. The number of anilines is 1. The van der Waals surface area contributed by atoms with Crippen molar-refractivity contribution < 1.29 is 14.1 Å². The number of hydrogen-bond acceptors (Lipinski definition) is 9. The first-order valence-electron chi connectivity index (χ1n) is 8.41. The highest BCUT2D eigenvalue weighted by molar-refractivity contribution is 8.01. The van der Waals surface area contributed by atoms with E-state index in [4.69, 9.17) is 9.26 Å². The smallest absolute Gasteiger partial charge is 0.227 e. The van der Waals surface area contributed by atoms with Gasteiger partial charge in [0.05, 0.1) is 7.11 Å². The molecule has 0 spiro atoms. The minimum atomic E-state index is -0.164. The van der Waals surface area contributed by atoms with Crippen molar-refractivity contribution in [2.45, 2.75) is 30.5 Å². The fourth-order valence-corrected chi connectivity index (χ4v) is 3.82. The average molecular weight is 406 g/mol. The number of amides is 1. The topological polar surface area (TPSA) is 103 Å². The van der Waals surface area contributed by atoms with E-state index in [1.54, 1.807) is 18.9 Å². The van der Waals surface area contributed by atoms with E-state index in [-0.39, 0.29) is 12.3 Å². The van der Waals surface area contributed by atoms with E-state index in [0.29, 0.717) is 23.3 Å². The first kappa shape index (κ1) is 19.3. The minimum Gasteiger partial charge on any atom is -0.497 e. The zero-order valence-corrected chi connectivity index (χ0v) is 16.6. The Balaban J connectivity index is 1.50. The number of aromatic nitrogens is 4. The zero-order valence-electron chi connectivity index (χ0n) is 15.0. The number of carbonyl (C=O) groups is 1. The number of aryl methyl sites for hydroxylation is 1. The van der Waals surface area contributed by atoms with Crippen LogP contribution in [0.2, 0.25) is 0 Å². The molecule has 27 heavy (non-hydrogen) atoms. The van der Waals surface area contributed by atoms with Gasteiger partial charge < -0.3 is 14.6 Å². The van der Waals surface area contributed by atoms with Crippen LogP contribution in [0.4, 0.5) is 5.13 Å². The fourth-order valence-electron chi connectivity index (χ4n) is 2.12. The average Bonchev–Trinajstić information content (AvgIpc) is 3.34. The number of thioether (sulfide) groups is 1. The highest BCUT2D eigenvalue weighted by Gasteiger charge is 2.13. The molecule has 10 heteroatoms. The lowest BCUT2D eigenvalue weighted by atomic mass is 10.2. The summed E-state index contributed by atoms with van der Waals surface area (Å²) < 4.78 is 11.2. The second-order valence-corrected chi connectivity index (χ2v) is 7.83. The minimum absolute atomic E-state index is 0.164. The molecule has 0 aliphatic carbocycles. The van der Waals surface area contributed by atoms with E-state index >= 15 is 0 Å². The molecule has 0 fully saturated rings. The molecule has 0 bridgehead atoms. The molecule has 1 aromatic carbocycles. The molecule has 3 rings (SSSR count). The van der Waals surface area contributed by atoms with E-state index in [0.717, 1.165) is 27.8 Å². The van der Waals surface area contributed by atoms with E-state index in [1.165, 1.54) is 11.3 Å². The predicted octanol–water partition coefficient (Wildman–Crippen LogP) is 3.67. The molecule has 0 atom stereocenters. The summed E-state index contributed by atoms with van der Waals surface area (Å²) in [6.45, 7) is 2.11. The zero-order chi connectivity index (χ0) is 19.1. The number of methoxy groups -OCH3 is 1. The summed E-state index contributed by atoms with van der Waals surface area (Å²) in [5.41, 5.74) is 0.821. The molecule has 142 valence electrons. The van der Waals surface area contributed by atoms with Crippen LogP contribution in [0, 0.1) is 0 Å². The largest absolute Gasteiger partial charge is 0.497 e. The van der Waals surface area contributed by atoms with Gasteiger partial charge in [-0.05, 0) is 30.7 Å². The quantitative estimate of drug-likeness (QED) is 0.425. The molecule has 0 aliphatic heterocycles. The van der Waals surface area contributed by atoms with Crippen molar-refractivity contribution in [3.63, 3.8) is 0 Å². The van der Waals surface area contributed by atoms with Crippen LogP contribution in [-0.2, 0) is 11.2 Å². The number of carbonyl (C=O) groups excluding carboxylic acids is 1. The van der Waals surface area contributed by atoms with Gasteiger partial charge in [-0.3, -0.25) is 4.79 Å². The van der Waals surface area contributed by atoms with Gasteiger partial charge in [-0.1, -0.05) is 35.2 Å². The summed E-state index contributed by atoms with van der Waals surface area (Å²) in [5, 5.41) is 15.2. The highest BCUT2D eigenvalue weighted by Crippen LogP contribution is 2.26. The maximum absolute atomic E-state index is 12.1. The Morgan fingerprint density at radius 2 is 2.11 bits per heavy atom. The summed E-state index contributed by atoms with van der Waals surface area (Å²) in [5.74, 6) is 2.47. The van der Waals surface area contributed by atoms with Gasteiger partial charge >= 0.3 is 0 Å². The first-order chi connectivity index (χ1) is 13.2. The second-order valence-electron chi connectivity index (χ2n) is 5.51. The lowest BCUT2D eigenvalue weighted by Gasteiger charge is -1.99. The van der Waals surface area contributed by atoms with Crippen molar-refractivity contribution in [1.29, 1.82) is 0 Å². The van der Waals surface area contributed by atoms with Crippen LogP contribution >= 0.6 is 23.1 Å². The third-order valence-electron chi connectivity index (χ3n) is 3.46. The fraction of sp³-hybridized carbons (Fsp3) is 0.353. The van der Waals surface area contributed by atoms with Gasteiger partial charge in [0.15, 0.2) is 4.34 Å². The molecule has 1 N–H and O–H groups in total. The molecule has 2 heterocycles. The molecular weight excluding hydrogens is 386 g/mol. The summed E-state index contributed by atoms with van der Waals surface area (Å²) in [6.07, 6.45) is 1.64. The lowest BCUT2D eigenvalue weighted by molar-refractivity contribution is -0.116. The van der Waals surface area contributed by atoms with Crippen molar-refractivity contribution in [2.24, 2.45) is 0 Å². The van der Waals surface area contributed by atoms with Crippen LogP contribution in [0.3, 0.4) is 0 Å². The standard InChI is InChI=1S/C17H19N5O3S2/c1-3-10-26-17-21-20-16(27-17)18-13(23)8-9-14-19-15(22-25-14)11-4-6-12(24-2)7-5-11/h4-7H,3,8-10H2,1-2H3,(H,18,20,23). The number of nitrogens with one attached hydrogen (secondary N) is 1. The monoisotopic (exact) mass is 405 g/mol. The molecule has 8 nitrogen and oxygen atoms in total. The molecule has 1 amide bonds. The van der Waals surface area contributed by atoms with Crippen LogP contribution < -0.4 is 10.1 Å². The van der Waals surface area contributed by atoms with Crippen LogP contribution in [0.15, 0.2) is 33.1 Å².